The third-order valence-corrected chi connectivity index (χ3v) is 4.13. The zero-order valence-corrected chi connectivity index (χ0v) is 14.0. The van der Waals surface area contributed by atoms with E-state index in [1.54, 1.807) is 0 Å². The molecule has 1 atom stereocenters. The number of aliphatic hydroxyl groups is 1. The lowest BCUT2D eigenvalue weighted by atomic mass is 10.0. The highest BCUT2D eigenvalue weighted by atomic mass is 16.5. The van der Waals surface area contributed by atoms with E-state index in [1.807, 2.05) is 66.7 Å². The number of nitrogens with one attached hydrogen (secondary N) is 2. The summed E-state index contributed by atoms with van der Waals surface area (Å²) in [5.41, 5.74) is 1.79. The number of rotatable bonds is 8. The van der Waals surface area contributed by atoms with Crippen molar-refractivity contribution in [1.82, 2.24) is 5.32 Å². The second-order valence-electron chi connectivity index (χ2n) is 5.82. The molecule has 0 heterocycles. The van der Waals surface area contributed by atoms with Crippen LogP contribution in [0.1, 0.15) is 17.2 Å². The van der Waals surface area contributed by atoms with Crippen LogP contribution >= 0.6 is 0 Å². The second-order valence-corrected chi connectivity index (χ2v) is 5.82. The molecule has 3 N–H and O–H groups in total. The second kappa shape index (κ2) is 8.42. The first kappa shape index (κ1) is 17.1. The molecule has 0 saturated carbocycles. The van der Waals surface area contributed by atoms with Gasteiger partial charge in [-0.15, -0.1) is 0 Å². The van der Waals surface area contributed by atoms with E-state index in [1.165, 1.54) is 6.21 Å². The molecule has 1 unspecified atom stereocenters. The molecule has 25 heavy (non-hydrogen) atoms. The van der Waals surface area contributed by atoms with Gasteiger partial charge in [0.1, 0.15) is 12.4 Å². The maximum Gasteiger partial charge on any atom is 0.127 e. The molecule has 4 heteroatoms. The third-order valence-electron chi connectivity index (χ3n) is 4.13. The minimum absolute atomic E-state index is 0.487. The molecule has 0 amide bonds. The van der Waals surface area contributed by atoms with Crippen LogP contribution in [0.2, 0.25) is 0 Å². The van der Waals surface area contributed by atoms with Gasteiger partial charge in [0.2, 0.25) is 0 Å². The van der Waals surface area contributed by atoms with Crippen molar-refractivity contribution >= 4 is 17.0 Å². The van der Waals surface area contributed by atoms with Crippen molar-refractivity contribution in [1.29, 1.82) is 5.41 Å². The molecule has 0 fully saturated rings. The first-order valence-electron chi connectivity index (χ1n) is 8.38. The highest BCUT2D eigenvalue weighted by Gasteiger charge is 2.07. The van der Waals surface area contributed by atoms with Crippen LogP contribution in [0.25, 0.3) is 10.8 Å². The lowest BCUT2D eigenvalue weighted by molar-refractivity contribution is 0.172. The molecule has 0 bridgehead atoms. The molecule has 3 aromatic carbocycles. The van der Waals surface area contributed by atoms with Crippen LogP contribution in [0.4, 0.5) is 0 Å². The highest BCUT2D eigenvalue weighted by molar-refractivity contribution is 6.01. The summed E-state index contributed by atoms with van der Waals surface area (Å²) in [4.78, 5) is 0. The van der Waals surface area contributed by atoms with Crippen molar-refractivity contribution in [2.24, 2.45) is 0 Å². The average molecular weight is 334 g/mol. The van der Waals surface area contributed by atoms with Crippen LogP contribution < -0.4 is 10.1 Å². The maximum atomic E-state index is 10.1. The van der Waals surface area contributed by atoms with Crippen molar-refractivity contribution in [3.8, 4) is 5.75 Å². The molecule has 3 rings (SSSR count). The van der Waals surface area contributed by atoms with Crippen LogP contribution in [0, 0.1) is 5.41 Å². The van der Waals surface area contributed by atoms with Gasteiger partial charge in [-0.3, -0.25) is 0 Å². The Morgan fingerprint density at radius 1 is 0.960 bits per heavy atom. The van der Waals surface area contributed by atoms with Crippen molar-refractivity contribution in [2.45, 2.75) is 6.10 Å². The van der Waals surface area contributed by atoms with E-state index in [9.17, 15) is 5.11 Å². The minimum atomic E-state index is -0.520. The largest absolute Gasteiger partial charge is 0.492 e. The Balaban J connectivity index is 1.53. The fourth-order valence-electron chi connectivity index (χ4n) is 2.81. The maximum absolute atomic E-state index is 10.1. The molecule has 128 valence electrons. The predicted molar refractivity (Wildman–Crippen MR) is 102 cm³/mol. The predicted octanol–water partition coefficient (Wildman–Crippen LogP) is 3.54. The standard InChI is InChI=1S/C21H22N2O2/c22-14-17-10-11-21(19-9-5-4-8-18(17)19)25-13-12-23-15-20(24)16-6-2-1-3-7-16/h1-11,14,20,22-24H,12-13,15H2. The van der Waals surface area contributed by atoms with Gasteiger partial charge < -0.3 is 20.6 Å². The normalized spacial score (nSPS) is 12.0. The monoisotopic (exact) mass is 334 g/mol. The summed E-state index contributed by atoms with van der Waals surface area (Å²) in [5, 5.41) is 22.8. The minimum Gasteiger partial charge on any atom is -0.492 e. The van der Waals surface area contributed by atoms with E-state index in [0.717, 1.165) is 27.6 Å². The topological polar surface area (TPSA) is 65.3 Å². The van der Waals surface area contributed by atoms with E-state index < -0.39 is 6.10 Å². The van der Waals surface area contributed by atoms with E-state index >= 15 is 0 Å². The Hall–Kier alpha value is -2.69. The van der Waals surface area contributed by atoms with Crippen LogP contribution in [-0.2, 0) is 0 Å². The average Bonchev–Trinajstić information content (AvgIpc) is 2.68. The quantitative estimate of drug-likeness (QED) is 0.436. The van der Waals surface area contributed by atoms with E-state index in [4.69, 9.17) is 10.1 Å². The Labute approximate surface area is 147 Å². The van der Waals surface area contributed by atoms with E-state index in [2.05, 4.69) is 5.32 Å². The molecule has 0 aliphatic rings. The third kappa shape index (κ3) is 4.24. The fourth-order valence-corrected chi connectivity index (χ4v) is 2.81. The summed E-state index contributed by atoms with van der Waals surface area (Å²) < 4.78 is 5.89. The van der Waals surface area contributed by atoms with Crippen molar-refractivity contribution in [2.75, 3.05) is 19.7 Å². The fraction of sp³-hybridized carbons (Fsp3) is 0.190. The number of ether oxygens (including phenoxy) is 1. The molecule has 0 spiro atoms. The number of fused-ring (bicyclic) bond motifs is 1. The smallest absolute Gasteiger partial charge is 0.127 e. The first-order chi connectivity index (χ1) is 12.3. The number of aliphatic hydroxyl groups excluding tert-OH is 1. The van der Waals surface area contributed by atoms with Gasteiger partial charge >= 0.3 is 0 Å². The van der Waals surface area contributed by atoms with Gasteiger partial charge in [-0.05, 0) is 23.1 Å². The first-order valence-corrected chi connectivity index (χ1v) is 8.38. The Morgan fingerprint density at radius 3 is 2.44 bits per heavy atom. The number of hydrogen-bond donors (Lipinski definition) is 3. The van der Waals surface area contributed by atoms with Crippen molar-refractivity contribution in [3.05, 3.63) is 77.9 Å². The number of benzene rings is 3. The Morgan fingerprint density at radius 2 is 1.68 bits per heavy atom. The Kier molecular flexibility index (Phi) is 5.77. The van der Waals surface area contributed by atoms with Gasteiger partial charge in [0.15, 0.2) is 0 Å². The molecule has 0 aromatic heterocycles. The molecule has 0 saturated heterocycles. The molecule has 4 nitrogen and oxygen atoms in total. The summed E-state index contributed by atoms with van der Waals surface area (Å²) in [7, 11) is 0. The van der Waals surface area contributed by atoms with Crippen LogP contribution in [0.15, 0.2) is 66.7 Å². The van der Waals surface area contributed by atoms with Gasteiger partial charge in [0.05, 0.1) is 6.10 Å². The lowest BCUT2D eigenvalue weighted by Gasteiger charge is -2.14. The van der Waals surface area contributed by atoms with Gasteiger partial charge in [0.25, 0.3) is 0 Å². The number of hydrogen-bond acceptors (Lipinski definition) is 4. The molecular formula is C21H22N2O2. The van der Waals surface area contributed by atoms with Gasteiger partial charge in [-0.25, -0.2) is 0 Å². The lowest BCUT2D eigenvalue weighted by Crippen LogP contribution is -2.26. The van der Waals surface area contributed by atoms with E-state index in [-0.39, 0.29) is 0 Å². The molecule has 0 aliphatic carbocycles. The molecule has 0 aliphatic heterocycles. The summed E-state index contributed by atoms with van der Waals surface area (Å²) >= 11 is 0. The van der Waals surface area contributed by atoms with Crippen LogP contribution in [-0.4, -0.2) is 31.0 Å². The zero-order chi connectivity index (χ0) is 17.5. The molecule has 0 radical (unpaired) electrons. The SMILES string of the molecule is N=Cc1ccc(OCCNCC(O)c2ccccc2)c2ccccc12. The van der Waals surface area contributed by atoms with Gasteiger partial charge in [-0.1, -0.05) is 54.6 Å². The highest BCUT2D eigenvalue weighted by Crippen LogP contribution is 2.27. The van der Waals surface area contributed by atoms with Crippen LogP contribution in [0.5, 0.6) is 5.75 Å². The van der Waals surface area contributed by atoms with Crippen molar-refractivity contribution < 1.29 is 9.84 Å². The van der Waals surface area contributed by atoms with Gasteiger partial charge in [0, 0.05) is 30.3 Å². The van der Waals surface area contributed by atoms with Gasteiger partial charge in [-0.2, -0.15) is 0 Å². The summed E-state index contributed by atoms with van der Waals surface area (Å²) in [6.07, 6.45) is 0.840. The van der Waals surface area contributed by atoms with Crippen LogP contribution in [0.3, 0.4) is 0 Å². The van der Waals surface area contributed by atoms with E-state index in [0.29, 0.717) is 19.7 Å². The summed E-state index contributed by atoms with van der Waals surface area (Å²) in [6.45, 7) is 1.64. The molecule has 3 aromatic rings. The summed E-state index contributed by atoms with van der Waals surface area (Å²) in [5.74, 6) is 0.812. The zero-order valence-electron chi connectivity index (χ0n) is 14.0. The molecular weight excluding hydrogens is 312 g/mol. The Bertz CT molecular complexity index is 834. The summed E-state index contributed by atoms with van der Waals surface area (Å²) in [6, 6.07) is 21.4. The van der Waals surface area contributed by atoms with Crippen molar-refractivity contribution in [3.63, 3.8) is 0 Å².